The van der Waals surface area contributed by atoms with Gasteiger partial charge in [-0.05, 0) is 54.4 Å². The Kier molecular flexibility index (Phi) is 4.70. The highest BCUT2D eigenvalue weighted by atomic mass is 32.1. The summed E-state index contributed by atoms with van der Waals surface area (Å²) in [6.45, 7) is 6.91. The molecule has 0 bridgehead atoms. The first-order chi connectivity index (χ1) is 14.8. The quantitative estimate of drug-likeness (QED) is 0.419. The van der Waals surface area contributed by atoms with Crippen molar-refractivity contribution in [2.45, 2.75) is 40.0 Å². The Morgan fingerprint density at radius 2 is 2.03 bits per heavy atom. The van der Waals surface area contributed by atoms with Crippen molar-refractivity contribution in [2.75, 3.05) is 11.1 Å². The van der Waals surface area contributed by atoms with Crippen molar-refractivity contribution in [1.29, 1.82) is 0 Å². The number of nitrogens with one attached hydrogen (secondary N) is 1. The minimum Gasteiger partial charge on any atom is -0.397 e. The van der Waals surface area contributed by atoms with Gasteiger partial charge in [0.05, 0.1) is 23.1 Å². The Morgan fingerprint density at radius 3 is 2.84 bits per heavy atom. The Balaban J connectivity index is 1.46. The van der Waals surface area contributed by atoms with Gasteiger partial charge in [0.1, 0.15) is 9.71 Å². The largest absolute Gasteiger partial charge is 0.397 e. The number of nitrogens with two attached hydrogens (primary N) is 1. The first-order valence-corrected chi connectivity index (χ1v) is 11.5. The van der Waals surface area contributed by atoms with E-state index in [9.17, 15) is 4.79 Å². The van der Waals surface area contributed by atoms with E-state index in [0.29, 0.717) is 22.2 Å². The third-order valence-corrected chi connectivity index (χ3v) is 7.48. The van der Waals surface area contributed by atoms with Gasteiger partial charge >= 0.3 is 0 Å². The predicted molar refractivity (Wildman–Crippen MR) is 129 cm³/mol. The summed E-state index contributed by atoms with van der Waals surface area (Å²) < 4.78 is 0. The number of para-hydroxylation sites is 1. The Morgan fingerprint density at radius 1 is 1.23 bits per heavy atom. The second-order valence-corrected chi connectivity index (χ2v) is 10.5. The van der Waals surface area contributed by atoms with Gasteiger partial charge in [-0.3, -0.25) is 9.78 Å². The molecule has 1 atom stereocenters. The molecule has 3 heterocycles. The van der Waals surface area contributed by atoms with Crippen LogP contribution in [0.5, 0.6) is 0 Å². The maximum absolute atomic E-state index is 13.0. The minimum absolute atomic E-state index is 0.219. The van der Waals surface area contributed by atoms with Crippen LogP contribution in [0.4, 0.5) is 11.4 Å². The summed E-state index contributed by atoms with van der Waals surface area (Å²) in [5, 5.41) is 4.82. The first-order valence-electron chi connectivity index (χ1n) is 10.7. The second-order valence-electron chi connectivity index (χ2n) is 9.47. The summed E-state index contributed by atoms with van der Waals surface area (Å²) >= 11 is 1.37. The molecule has 158 valence electrons. The van der Waals surface area contributed by atoms with Crippen LogP contribution in [0, 0.1) is 11.3 Å². The van der Waals surface area contributed by atoms with Crippen molar-refractivity contribution in [3.05, 3.63) is 58.7 Å². The number of hydrogen-bond donors (Lipinski definition) is 2. The molecular weight excluding hydrogens is 404 g/mol. The summed E-state index contributed by atoms with van der Waals surface area (Å²) in [4.78, 5) is 23.7. The molecule has 5 rings (SSSR count). The monoisotopic (exact) mass is 430 g/mol. The van der Waals surface area contributed by atoms with Crippen LogP contribution in [0.25, 0.3) is 21.1 Å². The lowest BCUT2D eigenvalue weighted by atomic mass is 9.71. The van der Waals surface area contributed by atoms with Crippen molar-refractivity contribution in [2.24, 2.45) is 11.3 Å². The van der Waals surface area contributed by atoms with Gasteiger partial charge in [-0.15, -0.1) is 11.3 Å². The first kappa shape index (κ1) is 19.9. The number of carbonyl (C=O) groups excluding carboxylic acids is 1. The lowest BCUT2D eigenvalue weighted by molar-refractivity contribution is 0.103. The highest BCUT2D eigenvalue weighted by molar-refractivity contribution is 7.21. The number of anilines is 2. The second kappa shape index (κ2) is 7.31. The van der Waals surface area contributed by atoms with Crippen LogP contribution in [-0.2, 0) is 12.8 Å². The summed E-state index contributed by atoms with van der Waals surface area (Å²) in [7, 11) is 0. The number of pyridine rings is 2. The number of hydrogen-bond acceptors (Lipinski definition) is 5. The van der Waals surface area contributed by atoms with Gasteiger partial charge in [-0.2, -0.15) is 0 Å². The molecule has 1 amide bonds. The van der Waals surface area contributed by atoms with Crippen LogP contribution in [0.3, 0.4) is 0 Å². The number of aryl methyl sites for hydroxylation is 1. The lowest BCUT2D eigenvalue weighted by Gasteiger charge is -2.34. The molecule has 1 aliphatic carbocycles. The van der Waals surface area contributed by atoms with E-state index in [-0.39, 0.29) is 11.3 Å². The van der Waals surface area contributed by atoms with Crippen LogP contribution < -0.4 is 11.1 Å². The minimum atomic E-state index is -0.219. The number of nitrogens with zero attached hydrogens (tertiary/aromatic N) is 2. The standard InChI is InChI=1S/C25H26N4OS/c1-25(2,3)16-8-9-20-15(10-16)12-18-21(26)22(31-24(18)29-20)23(30)28-17-11-14-6-4-5-7-19(14)27-13-17/h4-7,11-13,16H,8-10,26H2,1-3H3,(H,28,30). The van der Waals surface area contributed by atoms with Crippen molar-refractivity contribution < 1.29 is 4.79 Å². The van der Waals surface area contributed by atoms with Crippen molar-refractivity contribution >= 4 is 49.7 Å². The van der Waals surface area contributed by atoms with E-state index in [4.69, 9.17) is 10.7 Å². The van der Waals surface area contributed by atoms with Gasteiger partial charge < -0.3 is 11.1 Å². The number of carbonyl (C=O) groups is 1. The fraction of sp³-hybridized carbons (Fsp3) is 0.320. The van der Waals surface area contributed by atoms with E-state index in [2.05, 4.69) is 37.1 Å². The zero-order valence-electron chi connectivity index (χ0n) is 18.0. The molecule has 0 saturated heterocycles. The summed E-state index contributed by atoms with van der Waals surface area (Å²) in [5.74, 6) is 0.408. The summed E-state index contributed by atoms with van der Waals surface area (Å²) in [5.41, 5.74) is 11.2. The molecule has 3 N–H and O–H groups in total. The molecule has 1 aromatic carbocycles. The molecule has 3 aromatic heterocycles. The fourth-order valence-corrected chi connectivity index (χ4v) is 5.42. The van der Waals surface area contributed by atoms with E-state index in [1.807, 2.05) is 30.3 Å². The number of thiophene rings is 1. The smallest absolute Gasteiger partial charge is 0.267 e. The Bertz CT molecular complexity index is 1320. The number of rotatable bonds is 2. The predicted octanol–water partition coefficient (Wildman–Crippen LogP) is 5.83. The molecule has 0 spiro atoms. The topological polar surface area (TPSA) is 80.9 Å². The van der Waals surface area contributed by atoms with E-state index >= 15 is 0 Å². The van der Waals surface area contributed by atoms with Crippen molar-refractivity contribution in [3.63, 3.8) is 0 Å². The van der Waals surface area contributed by atoms with E-state index < -0.39 is 0 Å². The summed E-state index contributed by atoms with van der Waals surface area (Å²) in [6, 6.07) is 11.9. The summed E-state index contributed by atoms with van der Waals surface area (Å²) in [6.07, 6.45) is 4.82. The SMILES string of the molecule is CC(C)(C)C1CCc2nc3sc(C(=O)Nc4cnc5ccccc5c4)c(N)c3cc2C1. The Labute approximate surface area is 185 Å². The molecular formula is C25H26N4OS. The molecule has 6 heteroatoms. The molecule has 31 heavy (non-hydrogen) atoms. The number of nitrogen functional groups attached to an aromatic ring is 1. The lowest BCUT2D eigenvalue weighted by Crippen LogP contribution is -2.27. The third-order valence-electron chi connectivity index (χ3n) is 6.36. The van der Waals surface area contributed by atoms with Crippen LogP contribution in [0.1, 0.15) is 48.1 Å². The highest BCUT2D eigenvalue weighted by Gasteiger charge is 2.30. The number of amides is 1. The van der Waals surface area contributed by atoms with E-state index in [1.165, 1.54) is 16.9 Å². The van der Waals surface area contributed by atoms with Gasteiger partial charge in [0, 0.05) is 16.5 Å². The van der Waals surface area contributed by atoms with Gasteiger partial charge in [0.25, 0.3) is 5.91 Å². The average molecular weight is 431 g/mol. The van der Waals surface area contributed by atoms with Crippen LogP contribution in [0.15, 0.2) is 42.6 Å². The molecule has 5 nitrogen and oxygen atoms in total. The molecule has 0 radical (unpaired) electrons. The molecule has 1 unspecified atom stereocenters. The van der Waals surface area contributed by atoms with E-state index in [1.54, 1.807) is 6.20 Å². The third kappa shape index (κ3) is 3.65. The highest BCUT2D eigenvalue weighted by Crippen LogP contribution is 2.40. The normalized spacial score (nSPS) is 16.4. The maximum Gasteiger partial charge on any atom is 0.267 e. The Hall–Kier alpha value is -2.99. The van der Waals surface area contributed by atoms with Gasteiger partial charge in [-0.25, -0.2) is 4.98 Å². The van der Waals surface area contributed by atoms with Crippen LogP contribution in [0.2, 0.25) is 0 Å². The molecule has 0 saturated carbocycles. The zero-order chi connectivity index (χ0) is 21.8. The fourth-order valence-electron chi connectivity index (χ4n) is 4.43. The number of aromatic nitrogens is 2. The molecule has 1 aliphatic rings. The number of benzene rings is 1. The van der Waals surface area contributed by atoms with Gasteiger partial charge in [0.2, 0.25) is 0 Å². The van der Waals surface area contributed by atoms with Crippen LogP contribution in [-0.4, -0.2) is 15.9 Å². The maximum atomic E-state index is 13.0. The van der Waals surface area contributed by atoms with Crippen LogP contribution >= 0.6 is 11.3 Å². The average Bonchev–Trinajstić information content (AvgIpc) is 3.06. The number of fused-ring (bicyclic) bond motifs is 3. The van der Waals surface area contributed by atoms with Crippen molar-refractivity contribution in [1.82, 2.24) is 9.97 Å². The zero-order valence-corrected chi connectivity index (χ0v) is 18.8. The molecule has 0 aliphatic heterocycles. The van der Waals surface area contributed by atoms with Crippen molar-refractivity contribution in [3.8, 4) is 0 Å². The van der Waals surface area contributed by atoms with E-state index in [0.717, 1.165) is 46.1 Å². The van der Waals surface area contributed by atoms with Gasteiger partial charge in [0.15, 0.2) is 0 Å². The van der Waals surface area contributed by atoms with Gasteiger partial charge in [-0.1, -0.05) is 39.0 Å². The molecule has 0 fully saturated rings. The molecule has 4 aromatic rings.